The summed E-state index contributed by atoms with van der Waals surface area (Å²) in [4.78, 5) is 18.6. The number of thiophene rings is 1. The summed E-state index contributed by atoms with van der Waals surface area (Å²) in [6.07, 6.45) is 4.26. The van der Waals surface area contributed by atoms with Gasteiger partial charge in [0.15, 0.2) is 0 Å². The first-order valence-corrected chi connectivity index (χ1v) is 9.17. The summed E-state index contributed by atoms with van der Waals surface area (Å²) in [7, 11) is 0. The predicted octanol–water partition coefficient (Wildman–Crippen LogP) is 3.71. The Kier molecular flexibility index (Phi) is 6.24. The number of fused-ring (bicyclic) bond motifs is 1. The molecule has 2 heterocycles. The average molecular weight is 308 g/mol. The lowest BCUT2D eigenvalue weighted by molar-refractivity contribution is -0.135. The van der Waals surface area contributed by atoms with E-state index >= 15 is 0 Å². The number of amides is 1. The first kappa shape index (κ1) is 16.5. The van der Waals surface area contributed by atoms with E-state index < -0.39 is 0 Å². The van der Waals surface area contributed by atoms with Crippen LogP contribution in [-0.4, -0.2) is 41.9 Å². The molecule has 0 radical (unpaired) electrons. The molecule has 118 valence electrons. The Morgan fingerprint density at radius 3 is 2.67 bits per heavy atom. The highest BCUT2D eigenvalue weighted by atomic mass is 32.1. The van der Waals surface area contributed by atoms with Crippen LogP contribution in [0.25, 0.3) is 0 Å². The van der Waals surface area contributed by atoms with Gasteiger partial charge in [-0.05, 0) is 55.8 Å². The summed E-state index contributed by atoms with van der Waals surface area (Å²) in [6, 6.07) is 2.50. The third-order valence-corrected chi connectivity index (χ3v) is 5.24. The van der Waals surface area contributed by atoms with Crippen molar-refractivity contribution < 1.29 is 4.79 Å². The number of carbonyl (C=O) groups is 1. The zero-order valence-corrected chi connectivity index (χ0v) is 14.4. The maximum atomic E-state index is 12.7. The summed E-state index contributed by atoms with van der Waals surface area (Å²) in [6.45, 7) is 10.1. The van der Waals surface area contributed by atoms with Crippen LogP contribution >= 0.6 is 11.3 Å². The molecular formula is C17H28N2OS. The average Bonchev–Trinajstić information content (AvgIpc) is 2.95. The second-order valence-corrected chi connectivity index (χ2v) is 6.84. The van der Waals surface area contributed by atoms with Gasteiger partial charge in [0.1, 0.15) is 0 Å². The van der Waals surface area contributed by atoms with E-state index in [1.165, 1.54) is 10.4 Å². The Morgan fingerprint density at radius 2 is 2.05 bits per heavy atom. The van der Waals surface area contributed by atoms with E-state index in [4.69, 9.17) is 0 Å². The van der Waals surface area contributed by atoms with Crippen LogP contribution in [0.5, 0.6) is 0 Å². The molecule has 1 aliphatic rings. The second-order valence-electron chi connectivity index (χ2n) is 5.84. The van der Waals surface area contributed by atoms with Gasteiger partial charge in [-0.15, -0.1) is 11.3 Å². The van der Waals surface area contributed by atoms with Crippen LogP contribution in [0.3, 0.4) is 0 Å². The minimum Gasteiger partial charge on any atom is -0.334 e. The van der Waals surface area contributed by atoms with Crippen LogP contribution in [0.15, 0.2) is 11.4 Å². The second kappa shape index (κ2) is 7.95. The van der Waals surface area contributed by atoms with Crippen LogP contribution in [-0.2, 0) is 11.2 Å². The summed E-state index contributed by atoms with van der Waals surface area (Å²) in [5.74, 6) is 0.306. The third-order valence-electron chi connectivity index (χ3n) is 4.24. The van der Waals surface area contributed by atoms with E-state index in [0.29, 0.717) is 12.5 Å². The molecule has 21 heavy (non-hydrogen) atoms. The Balaban J connectivity index is 2.05. The molecule has 0 saturated carbocycles. The largest absolute Gasteiger partial charge is 0.334 e. The van der Waals surface area contributed by atoms with Gasteiger partial charge < -0.3 is 4.90 Å². The maximum Gasteiger partial charge on any atom is 0.237 e. The van der Waals surface area contributed by atoms with E-state index in [2.05, 4.69) is 42.0 Å². The molecule has 4 heteroatoms. The monoisotopic (exact) mass is 308 g/mol. The molecule has 1 unspecified atom stereocenters. The lowest BCUT2D eigenvalue weighted by Gasteiger charge is -2.36. The van der Waals surface area contributed by atoms with E-state index in [1.807, 2.05) is 11.3 Å². The fourth-order valence-corrected chi connectivity index (χ4v) is 4.25. The van der Waals surface area contributed by atoms with Crippen molar-refractivity contribution in [2.45, 2.75) is 52.5 Å². The van der Waals surface area contributed by atoms with Crippen molar-refractivity contribution in [2.75, 3.05) is 26.2 Å². The van der Waals surface area contributed by atoms with E-state index in [-0.39, 0.29) is 6.04 Å². The molecule has 0 aromatic carbocycles. The van der Waals surface area contributed by atoms with Crippen LogP contribution in [0.4, 0.5) is 0 Å². The Bertz CT molecular complexity index is 451. The van der Waals surface area contributed by atoms with Gasteiger partial charge in [0.25, 0.3) is 0 Å². The highest BCUT2D eigenvalue weighted by Gasteiger charge is 2.30. The number of hydrogen-bond donors (Lipinski definition) is 0. The van der Waals surface area contributed by atoms with Gasteiger partial charge in [0.2, 0.25) is 5.91 Å². The summed E-state index contributed by atoms with van der Waals surface area (Å²) in [5, 5.41) is 2.17. The Hall–Kier alpha value is -0.870. The molecular weight excluding hydrogens is 280 g/mol. The zero-order chi connectivity index (χ0) is 15.2. The highest BCUT2D eigenvalue weighted by Crippen LogP contribution is 2.35. The molecule has 1 atom stereocenters. The molecule has 1 aromatic rings. The van der Waals surface area contributed by atoms with Gasteiger partial charge in [-0.3, -0.25) is 9.69 Å². The lowest BCUT2D eigenvalue weighted by Crippen LogP contribution is -2.45. The van der Waals surface area contributed by atoms with Crippen LogP contribution in [0.1, 0.15) is 56.5 Å². The van der Waals surface area contributed by atoms with Gasteiger partial charge >= 0.3 is 0 Å². The molecule has 0 N–H and O–H groups in total. The van der Waals surface area contributed by atoms with Crippen molar-refractivity contribution in [3.05, 3.63) is 21.9 Å². The minimum absolute atomic E-state index is 0.289. The quantitative estimate of drug-likeness (QED) is 0.766. The molecule has 1 aliphatic heterocycles. The van der Waals surface area contributed by atoms with Crippen molar-refractivity contribution >= 4 is 17.2 Å². The lowest BCUT2D eigenvalue weighted by atomic mass is 9.97. The third kappa shape index (κ3) is 3.86. The molecule has 0 bridgehead atoms. The van der Waals surface area contributed by atoms with Crippen LogP contribution in [0.2, 0.25) is 0 Å². The first-order valence-electron chi connectivity index (χ1n) is 8.29. The minimum atomic E-state index is 0.289. The molecule has 0 spiro atoms. The zero-order valence-electron chi connectivity index (χ0n) is 13.6. The van der Waals surface area contributed by atoms with Gasteiger partial charge in [-0.1, -0.05) is 20.8 Å². The number of rotatable bonds is 7. The molecule has 0 saturated heterocycles. The van der Waals surface area contributed by atoms with Crippen molar-refractivity contribution in [2.24, 2.45) is 0 Å². The molecule has 1 aromatic heterocycles. The van der Waals surface area contributed by atoms with Gasteiger partial charge in [-0.25, -0.2) is 0 Å². The maximum absolute atomic E-state index is 12.7. The molecule has 0 aliphatic carbocycles. The summed E-state index contributed by atoms with van der Waals surface area (Å²) < 4.78 is 0. The highest BCUT2D eigenvalue weighted by molar-refractivity contribution is 7.10. The van der Waals surface area contributed by atoms with Gasteiger partial charge in [0.05, 0.1) is 12.6 Å². The van der Waals surface area contributed by atoms with Crippen molar-refractivity contribution in [3.8, 4) is 0 Å². The normalized spacial score (nSPS) is 18.1. The first-order chi connectivity index (χ1) is 10.2. The molecule has 3 nitrogen and oxygen atoms in total. The number of hydrogen-bond acceptors (Lipinski definition) is 3. The van der Waals surface area contributed by atoms with E-state index in [0.717, 1.165) is 45.3 Å². The van der Waals surface area contributed by atoms with Crippen LogP contribution < -0.4 is 0 Å². The predicted molar refractivity (Wildman–Crippen MR) is 89.8 cm³/mol. The van der Waals surface area contributed by atoms with E-state index in [9.17, 15) is 4.79 Å². The van der Waals surface area contributed by atoms with Crippen molar-refractivity contribution in [1.82, 2.24) is 9.80 Å². The molecule has 0 fully saturated rings. The van der Waals surface area contributed by atoms with Crippen molar-refractivity contribution in [3.63, 3.8) is 0 Å². The SMILES string of the molecule is CCCN(CCC)CC(=O)N1CCc2sccc2C1CC. The Labute approximate surface area is 132 Å². The topological polar surface area (TPSA) is 23.6 Å². The smallest absolute Gasteiger partial charge is 0.237 e. The standard InChI is InChI=1S/C17H28N2OS/c1-4-9-18(10-5-2)13-17(20)19-11-7-16-14(8-12-21-16)15(19)6-3/h8,12,15H,4-7,9-11,13H2,1-3H3. The Morgan fingerprint density at radius 1 is 1.33 bits per heavy atom. The number of nitrogens with zero attached hydrogens (tertiary/aromatic N) is 2. The molecule has 2 rings (SSSR count). The fourth-order valence-electron chi connectivity index (χ4n) is 3.32. The summed E-state index contributed by atoms with van der Waals surface area (Å²) >= 11 is 1.84. The number of carbonyl (C=O) groups excluding carboxylic acids is 1. The van der Waals surface area contributed by atoms with Gasteiger partial charge in [-0.2, -0.15) is 0 Å². The van der Waals surface area contributed by atoms with E-state index in [1.54, 1.807) is 0 Å². The summed E-state index contributed by atoms with van der Waals surface area (Å²) in [5.41, 5.74) is 1.39. The fraction of sp³-hybridized carbons (Fsp3) is 0.706. The van der Waals surface area contributed by atoms with Crippen LogP contribution in [0, 0.1) is 0 Å². The van der Waals surface area contributed by atoms with Crippen molar-refractivity contribution in [1.29, 1.82) is 0 Å². The van der Waals surface area contributed by atoms with Gasteiger partial charge in [0, 0.05) is 11.4 Å². The molecule has 1 amide bonds.